The highest BCUT2D eigenvalue weighted by atomic mass is 16.5. The van der Waals surface area contributed by atoms with Gasteiger partial charge in [0.25, 0.3) is 5.91 Å². The second-order valence-electron chi connectivity index (χ2n) is 10.2. The lowest BCUT2D eigenvalue weighted by Crippen LogP contribution is -2.49. The fourth-order valence-corrected chi connectivity index (χ4v) is 5.25. The van der Waals surface area contributed by atoms with Crippen LogP contribution in [0.2, 0.25) is 0 Å². The van der Waals surface area contributed by atoms with E-state index in [4.69, 9.17) is 4.74 Å². The fraction of sp³-hybridized carbons (Fsp3) is 0.387. The second-order valence-corrected chi connectivity index (χ2v) is 10.2. The highest BCUT2D eigenvalue weighted by Gasteiger charge is 2.23. The Morgan fingerprint density at radius 1 is 0.757 bits per heavy atom. The van der Waals surface area contributed by atoms with Crippen LogP contribution in [0.25, 0.3) is 0 Å². The summed E-state index contributed by atoms with van der Waals surface area (Å²) in [7, 11) is 2.17. The van der Waals surface area contributed by atoms with Crippen LogP contribution in [0.15, 0.2) is 66.7 Å². The van der Waals surface area contributed by atoms with Crippen molar-refractivity contribution in [1.29, 1.82) is 0 Å². The van der Waals surface area contributed by atoms with E-state index in [1.165, 1.54) is 16.8 Å². The molecule has 5 rings (SSSR count). The maximum absolute atomic E-state index is 13.3. The lowest BCUT2D eigenvalue weighted by molar-refractivity contribution is 0.0746. The summed E-state index contributed by atoms with van der Waals surface area (Å²) in [6.45, 7) is 12.0. The third-order valence-electron chi connectivity index (χ3n) is 7.76. The number of piperazine rings is 2. The molecule has 1 amide bonds. The SMILES string of the molecule is Cc1cccc(N2CCN(C(=O)c3cccc(COc4ccccc4N4CCN(C)CC4)c3)CC2)c1C. The zero-order valence-corrected chi connectivity index (χ0v) is 22.3. The molecule has 0 N–H and O–H groups in total. The number of amides is 1. The van der Waals surface area contributed by atoms with Crippen molar-refractivity contribution in [1.82, 2.24) is 9.80 Å². The van der Waals surface area contributed by atoms with E-state index in [1.54, 1.807) is 0 Å². The summed E-state index contributed by atoms with van der Waals surface area (Å²) in [6, 6.07) is 22.6. The van der Waals surface area contributed by atoms with Crippen LogP contribution < -0.4 is 14.5 Å². The molecular weight excluding hydrogens is 460 g/mol. The van der Waals surface area contributed by atoms with Gasteiger partial charge in [0, 0.05) is 63.6 Å². The minimum absolute atomic E-state index is 0.0975. The van der Waals surface area contributed by atoms with Crippen LogP contribution in [0, 0.1) is 13.8 Å². The Hall–Kier alpha value is -3.51. The van der Waals surface area contributed by atoms with E-state index in [-0.39, 0.29) is 5.91 Å². The van der Waals surface area contributed by atoms with E-state index in [9.17, 15) is 4.79 Å². The van der Waals surface area contributed by atoms with Crippen LogP contribution in [-0.2, 0) is 6.61 Å². The number of carbonyl (C=O) groups is 1. The zero-order chi connectivity index (χ0) is 25.8. The Morgan fingerprint density at radius 2 is 1.41 bits per heavy atom. The van der Waals surface area contributed by atoms with Gasteiger partial charge in [0.2, 0.25) is 0 Å². The minimum Gasteiger partial charge on any atom is -0.487 e. The summed E-state index contributed by atoms with van der Waals surface area (Å²) >= 11 is 0. The molecule has 0 atom stereocenters. The van der Waals surface area contributed by atoms with Gasteiger partial charge in [-0.05, 0) is 67.9 Å². The highest BCUT2D eigenvalue weighted by molar-refractivity contribution is 5.94. The first-order valence-corrected chi connectivity index (χ1v) is 13.3. The monoisotopic (exact) mass is 498 g/mol. The van der Waals surface area contributed by atoms with Crippen molar-refractivity contribution < 1.29 is 9.53 Å². The number of likely N-dealkylation sites (N-methyl/N-ethyl adjacent to an activating group) is 1. The predicted molar refractivity (Wildman–Crippen MR) is 151 cm³/mol. The normalized spacial score (nSPS) is 16.7. The standard InChI is InChI=1S/C31H38N4O2/c1-24-8-6-12-28(25(24)2)33-18-20-35(21-19-33)31(36)27-10-7-9-26(22-27)23-37-30-13-5-4-11-29(30)34-16-14-32(3)15-17-34/h4-13,22H,14-21,23H2,1-3H3. The summed E-state index contributed by atoms with van der Waals surface area (Å²) in [5.74, 6) is 0.992. The van der Waals surface area contributed by atoms with E-state index in [1.807, 2.05) is 41.3 Å². The maximum Gasteiger partial charge on any atom is 0.253 e. The third kappa shape index (κ3) is 5.75. The molecule has 2 aliphatic heterocycles. The molecular formula is C31H38N4O2. The Bertz CT molecular complexity index is 1230. The van der Waals surface area contributed by atoms with Gasteiger partial charge in [0.1, 0.15) is 12.4 Å². The summed E-state index contributed by atoms with van der Waals surface area (Å²) < 4.78 is 6.28. The van der Waals surface area contributed by atoms with Gasteiger partial charge in [-0.25, -0.2) is 0 Å². The molecule has 6 nitrogen and oxygen atoms in total. The number of para-hydroxylation sites is 2. The Kier molecular flexibility index (Phi) is 7.65. The number of anilines is 2. The molecule has 0 saturated carbocycles. The average molecular weight is 499 g/mol. The predicted octanol–water partition coefficient (Wildman–Crippen LogP) is 4.60. The van der Waals surface area contributed by atoms with Gasteiger partial charge in [0.15, 0.2) is 0 Å². The van der Waals surface area contributed by atoms with Gasteiger partial charge in [-0.2, -0.15) is 0 Å². The molecule has 2 saturated heterocycles. The first-order chi connectivity index (χ1) is 18.0. The number of aryl methyl sites for hydroxylation is 1. The molecule has 2 aliphatic rings. The summed E-state index contributed by atoms with van der Waals surface area (Å²) in [4.78, 5) is 22.5. The van der Waals surface area contributed by atoms with Gasteiger partial charge in [-0.3, -0.25) is 4.79 Å². The molecule has 0 aromatic heterocycles. The van der Waals surface area contributed by atoms with Crippen LogP contribution >= 0.6 is 0 Å². The van der Waals surface area contributed by atoms with E-state index >= 15 is 0 Å². The first-order valence-electron chi connectivity index (χ1n) is 13.3. The number of nitrogens with zero attached hydrogens (tertiary/aromatic N) is 4. The zero-order valence-electron chi connectivity index (χ0n) is 22.3. The quantitative estimate of drug-likeness (QED) is 0.497. The summed E-state index contributed by atoms with van der Waals surface area (Å²) in [6.07, 6.45) is 0. The van der Waals surface area contributed by atoms with Crippen molar-refractivity contribution >= 4 is 17.3 Å². The lowest BCUT2D eigenvalue weighted by atomic mass is 10.1. The average Bonchev–Trinajstić information content (AvgIpc) is 2.94. The van der Waals surface area contributed by atoms with Gasteiger partial charge in [-0.15, -0.1) is 0 Å². The maximum atomic E-state index is 13.3. The van der Waals surface area contributed by atoms with Crippen molar-refractivity contribution in [3.8, 4) is 5.75 Å². The molecule has 0 spiro atoms. The van der Waals surface area contributed by atoms with E-state index < -0.39 is 0 Å². The number of ether oxygens (including phenoxy) is 1. The largest absolute Gasteiger partial charge is 0.487 e. The highest BCUT2D eigenvalue weighted by Crippen LogP contribution is 2.30. The van der Waals surface area contributed by atoms with E-state index in [2.05, 4.69) is 65.9 Å². The molecule has 0 aliphatic carbocycles. The molecule has 37 heavy (non-hydrogen) atoms. The summed E-state index contributed by atoms with van der Waals surface area (Å²) in [5.41, 5.74) is 6.79. The smallest absolute Gasteiger partial charge is 0.253 e. The molecule has 3 aromatic rings. The molecule has 0 unspecified atom stereocenters. The number of carbonyl (C=O) groups excluding carboxylic acids is 1. The lowest BCUT2D eigenvalue weighted by Gasteiger charge is -2.37. The summed E-state index contributed by atoms with van der Waals surface area (Å²) in [5, 5.41) is 0. The Labute approximate surface area is 221 Å². The van der Waals surface area contributed by atoms with Gasteiger partial charge >= 0.3 is 0 Å². The van der Waals surface area contributed by atoms with Gasteiger partial charge in [-0.1, -0.05) is 36.4 Å². The topological polar surface area (TPSA) is 39.3 Å². The van der Waals surface area contributed by atoms with Crippen LogP contribution in [0.4, 0.5) is 11.4 Å². The van der Waals surface area contributed by atoms with Gasteiger partial charge in [0.05, 0.1) is 5.69 Å². The van der Waals surface area contributed by atoms with Crippen molar-refractivity contribution in [2.75, 3.05) is 69.2 Å². The van der Waals surface area contributed by atoms with Crippen LogP contribution in [-0.4, -0.2) is 75.1 Å². The Morgan fingerprint density at radius 3 is 2.19 bits per heavy atom. The van der Waals surface area contributed by atoms with Crippen LogP contribution in [0.3, 0.4) is 0 Å². The number of hydrogen-bond acceptors (Lipinski definition) is 5. The van der Waals surface area contributed by atoms with Gasteiger partial charge < -0.3 is 24.3 Å². The van der Waals surface area contributed by atoms with E-state index in [0.717, 1.165) is 74.9 Å². The van der Waals surface area contributed by atoms with Crippen LogP contribution in [0.5, 0.6) is 5.75 Å². The van der Waals surface area contributed by atoms with Crippen LogP contribution in [0.1, 0.15) is 27.0 Å². The molecule has 2 fully saturated rings. The van der Waals surface area contributed by atoms with Crippen molar-refractivity contribution in [3.63, 3.8) is 0 Å². The number of benzene rings is 3. The third-order valence-corrected chi connectivity index (χ3v) is 7.76. The molecule has 194 valence electrons. The Balaban J connectivity index is 1.20. The molecule has 0 radical (unpaired) electrons. The van der Waals surface area contributed by atoms with Crippen molar-refractivity contribution in [2.45, 2.75) is 20.5 Å². The molecule has 6 heteroatoms. The van der Waals surface area contributed by atoms with E-state index in [0.29, 0.717) is 6.61 Å². The van der Waals surface area contributed by atoms with Crippen molar-refractivity contribution in [3.05, 3.63) is 89.0 Å². The first kappa shape index (κ1) is 25.2. The molecule has 2 heterocycles. The number of hydrogen-bond donors (Lipinski definition) is 0. The second kappa shape index (κ2) is 11.3. The van der Waals surface area contributed by atoms with Crippen molar-refractivity contribution in [2.24, 2.45) is 0 Å². The molecule has 0 bridgehead atoms. The minimum atomic E-state index is 0.0975. The fourth-order valence-electron chi connectivity index (χ4n) is 5.25. The molecule has 3 aromatic carbocycles. The number of rotatable bonds is 6.